The van der Waals surface area contributed by atoms with Gasteiger partial charge in [-0.1, -0.05) is 0 Å². The number of benzene rings is 1. The zero-order valence-electron chi connectivity index (χ0n) is 7.60. The monoisotopic (exact) mass is 211 g/mol. The van der Waals surface area contributed by atoms with Gasteiger partial charge in [0.05, 0.1) is 17.2 Å². The van der Waals surface area contributed by atoms with Crippen LogP contribution in [0, 0.1) is 0 Å². The normalized spacial score (nSPS) is 9.79. The molecule has 0 spiro atoms. The summed E-state index contributed by atoms with van der Waals surface area (Å²) in [5.74, 6) is 0. The van der Waals surface area contributed by atoms with Gasteiger partial charge in [0.2, 0.25) is 0 Å². The van der Waals surface area contributed by atoms with Gasteiger partial charge >= 0.3 is 0 Å². The first kappa shape index (κ1) is 10.5. The van der Waals surface area contributed by atoms with Crippen LogP contribution in [0.4, 0.5) is 5.69 Å². The molecule has 4 nitrogen and oxygen atoms in total. The lowest BCUT2D eigenvalue weighted by Gasteiger charge is -2.00. The number of fused-ring (bicyclic) bond motifs is 1. The van der Waals surface area contributed by atoms with E-state index in [1.165, 1.54) is 10.9 Å². The largest absolute Gasteiger partial charge is 0.399 e. The van der Waals surface area contributed by atoms with Crippen LogP contribution >= 0.6 is 12.4 Å². The highest BCUT2D eigenvalue weighted by atomic mass is 35.5. The molecule has 1 aromatic heterocycles. The van der Waals surface area contributed by atoms with E-state index in [2.05, 4.69) is 4.98 Å². The average molecular weight is 212 g/mol. The Bertz CT molecular complexity index is 516. The summed E-state index contributed by atoms with van der Waals surface area (Å²) in [5.41, 5.74) is 6.75. The molecule has 1 aromatic carbocycles. The Labute approximate surface area is 86.8 Å². The van der Waals surface area contributed by atoms with Crippen molar-refractivity contribution in [2.75, 3.05) is 5.73 Å². The van der Waals surface area contributed by atoms with Gasteiger partial charge in [-0.25, -0.2) is 4.98 Å². The van der Waals surface area contributed by atoms with E-state index in [4.69, 9.17) is 5.73 Å². The van der Waals surface area contributed by atoms with Gasteiger partial charge in [0.15, 0.2) is 0 Å². The van der Waals surface area contributed by atoms with Crippen molar-refractivity contribution in [2.24, 2.45) is 7.05 Å². The molecule has 0 aliphatic rings. The van der Waals surface area contributed by atoms with Crippen LogP contribution in [0.25, 0.3) is 10.9 Å². The summed E-state index contributed by atoms with van der Waals surface area (Å²) in [6, 6.07) is 5.12. The summed E-state index contributed by atoms with van der Waals surface area (Å²) in [5, 5.41) is 0.560. The van der Waals surface area contributed by atoms with Crippen LogP contribution in [-0.4, -0.2) is 9.55 Å². The molecular formula is C9H10ClN3O. The smallest absolute Gasteiger partial charge is 0.260 e. The number of aryl methyl sites for hydroxylation is 1. The van der Waals surface area contributed by atoms with Crippen molar-refractivity contribution in [3.05, 3.63) is 34.9 Å². The maximum absolute atomic E-state index is 11.5. The first-order valence-corrected chi connectivity index (χ1v) is 3.89. The Morgan fingerprint density at radius 1 is 1.43 bits per heavy atom. The fourth-order valence-corrected chi connectivity index (χ4v) is 1.23. The van der Waals surface area contributed by atoms with Crippen LogP contribution in [-0.2, 0) is 7.05 Å². The van der Waals surface area contributed by atoms with Crippen LogP contribution in [0.3, 0.4) is 0 Å². The molecule has 0 atom stereocenters. The van der Waals surface area contributed by atoms with E-state index in [-0.39, 0.29) is 18.0 Å². The quantitative estimate of drug-likeness (QED) is 0.660. The lowest BCUT2D eigenvalue weighted by Crippen LogP contribution is -2.16. The predicted molar refractivity (Wildman–Crippen MR) is 58.6 cm³/mol. The van der Waals surface area contributed by atoms with Gasteiger partial charge in [0.25, 0.3) is 5.56 Å². The van der Waals surface area contributed by atoms with Crippen molar-refractivity contribution in [1.29, 1.82) is 0 Å². The van der Waals surface area contributed by atoms with E-state index < -0.39 is 0 Å². The summed E-state index contributed by atoms with van der Waals surface area (Å²) in [7, 11) is 1.66. The third-order valence-electron chi connectivity index (χ3n) is 1.94. The molecule has 0 bridgehead atoms. The number of anilines is 1. The second-order valence-corrected chi connectivity index (χ2v) is 2.94. The number of hydrogen-bond acceptors (Lipinski definition) is 3. The van der Waals surface area contributed by atoms with Crippen LogP contribution in [0.5, 0.6) is 0 Å². The number of halogens is 1. The van der Waals surface area contributed by atoms with E-state index in [1.54, 1.807) is 25.2 Å². The minimum atomic E-state index is -0.0719. The second kappa shape index (κ2) is 3.67. The number of nitrogen functional groups attached to an aromatic ring is 1. The molecule has 0 aliphatic carbocycles. The molecule has 0 saturated carbocycles. The molecule has 0 amide bonds. The Morgan fingerprint density at radius 2 is 2.14 bits per heavy atom. The molecule has 2 N–H and O–H groups in total. The van der Waals surface area contributed by atoms with Gasteiger partial charge in [-0.05, 0) is 18.2 Å². The van der Waals surface area contributed by atoms with Gasteiger partial charge in [-0.15, -0.1) is 12.4 Å². The van der Waals surface area contributed by atoms with Crippen molar-refractivity contribution >= 4 is 29.0 Å². The molecule has 14 heavy (non-hydrogen) atoms. The number of rotatable bonds is 0. The zero-order valence-corrected chi connectivity index (χ0v) is 8.41. The fourth-order valence-electron chi connectivity index (χ4n) is 1.23. The maximum atomic E-state index is 11.5. The van der Waals surface area contributed by atoms with Crippen LogP contribution in [0.2, 0.25) is 0 Å². The highest BCUT2D eigenvalue weighted by Crippen LogP contribution is 2.10. The summed E-state index contributed by atoms with van der Waals surface area (Å²) in [6.07, 6.45) is 1.50. The van der Waals surface area contributed by atoms with Crippen LogP contribution in [0.1, 0.15) is 0 Å². The Kier molecular flexibility index (Phi) is 2.76. The highest BCUT2D eigenvalue weighted by Gasteiger charge is 2.00. The van der Waals surface area contributed by atoms with Gasteiger partial charge in [-0.3, -0.25) is 4.79 Å². The third-order valence-corrected chi connectivity index (χ3v) is 1.94. The lowest BCUT2D eigenvalue weighted by atomic mass is 10.2. The van der Waals surface area contributed by atoms with Crippen molar-refractivity contribution in [2.45, 2.75) is 0 Å². The summed E-state index contributed by atoms with van der Waals surface area (Å²) < 4.78 is 1.43. The SMILES string of the molecule is Cl.Cn1cnc2ccc(N)cc2c1=O. The minimum Gasteiger partial charge on any atom is -0.399 e. The second-order valence-electron chi connectivity index (χ2n) is 2.94. The Hall–Kier alpha value is -1.55. The van der Waals surface area contributed by atoms with E-state index in [0.717, 1.165) is 0 Å². The van der Waals surface area contributed by atoms with Crippen molar-refractivity contribution in [3.8, 4) is 0 Å². The maximum Gasteiger partial charge on any atom is 0.260 e. The Balaban J connectivity index is 0.000000980. The summed E-state index contributed by atoms with van der Waals surface area (Å²) in [4.78, 5) is 15.6. The number of nitrogens with two attached hydrogens (primary N) is 1. The molecule has 0 unspecified atom stereocenters. The molecule has 74 valence electrons. The van der Waals surface area contributed by atoms with Gasteiger partial charge < -0.3 is 10.3 Å². The Morgan fingerprint density at radius 3 is 2.86 bits per heavy atom. The molecule has 5 heteroatoms. The van der Waals surface area contributed by atoms with E-state index in [1.807, 2.05) is 0 Å². The van der Waals surface area contributed by atoms with Crippen molar-refractivity contribution in [3.63, 3.8) is 0 Å². The lowest BCUT2D eigenvalue weighted by molar-refractivity contribution is 0.843. The highest BCUT2D eigenvalue weighted by molar-refractivity contribution is 5.85. The molecule has 2 aromatic rings. The third kappa shape index (κ3) is 1.56. The standard InChI is InChI=1S/C9H9N3O.ClH/c1-12-5-11-8-3-2-6(10)4-7(8)9(12)13;/h2-5H,10H2,1H3;1H. The average Bonchev–Trinajstić information content (AvgIpc) is 2.12. The molecule has 1 heterocycles. The first-order chi connectivity index (χ1) is 6.18. The molecule has 0 radical (unpaired) electrons. The predicted octanol–water partition coefficient (Wildman–Crippen LogP) is 0.938. The molecule has 0 fully saturated rings. The zero-order chi connectivity index (χ0) is 9.42. The molecule has 2 rings (SSSR count). The van der Waals surface area contributed by atoms with Gasteiger partial charge in [0.1, 0.15) is 0 Å². The van der Waals surface area contributed by atoms with Crippen molar-refractivity contribution in [1.82, 2.24) is 9.55 Å². The molecule has 0 aliphatic heterocycles. The number of aromatic nitrogens is 2. The first-order valence-electron chi connectivity index (χ1n) is 3.89. The number of hydrogen-bond donors (Lipinski definition) is 1. The van der Waals surface area contributed by atoms with E-state index in [0.29, 0.717) is 16.6 Å². The summed E-state index contributed by atoms with van der Waals surface area (Å²) in [6.45, 7) is 0. The molecular weight excluding hydrogens is 202 g/mol. The van der Waals surface area contributed by atoms with Crippen LogP contribution in [0.15, 0.2) is 29.3 Å². The van der Waals surface area contributed by atoms with Gasteiger partial charge in [0, 0.05) is 12.7 Å². The minimum absolute atomic E-state index is 0. The van der Waals surface area contributed by atoms with E-state index in [9.17, 15) is 4.79 Å². The molecule has 0 saturated heterocycles. The topological polar surface area (TPSA) is 60.9 Å². The summed E-state index contributed by atoms with van der Waals surface area (Å²) >= 11 is 0. The fraction of sp³-hybridized carbons (Fsp3) is 0.111. The van der Waals surface area contributed by atoms with Gasteiger partial charge in [-0.2, -0.15) is 0 Å². The van der Waals surface area contributed by atoms with Crippen LogP contribution < -0.4 is 11.3 Å². The van der Waals surface area contributed by atoms with E-state index >= 15 is 0 Å². The number of nitrogens with zero attached hydrogens (tertiary/aromatic N) is 2. The van der Waals surface area contributed by atoms with Crippen molar-refractivity contribution < 1.29 is 0 Å².